The topological polar surface area (TPSA) is 40.6 Å². The maximum Gasteiger partial charge on any atom is 0.293 e. The molecular formula is C25H25BrN2O2S. The van der Waals surface area contributed by atoms with Gasteiger partial charge in [-0.25, -0.2) is 0 Å². The first-order chi connectivity index (χ1) is 14.7. The zero-order chi connectivity index (χ0) is 22.3. The van der Waals surface area contributed by atoms with Gasteiger partial charge in [-0.1, -0.05) is 40.2 Å². The summed E-state index contributed by atoms with van der Waals surface area (Å²) in [6.07, 6.45) is 4.12. The third-order valence-electron chi connectivity index (χ3n) is 5.74. The predicted octanol–water partition coefficient (Wildman–Crippen LogP) is 6.71. The number of imide groups is 1. The molecule has 1 saturated heterocycles. The number of halogens is 1. The van der Waals surface area contributed by atoms with Crippen molar-refractivity contribution >= 4 is 56.2 Å². The molecule has 2 amide bonds. The molecule has 0 saturated carbocycles. The molecule has 160 valence electrons. The molecule has 0 radical (unpaired) electrons. The van der Waals surface area contributed by atoms with E-state index in [1.54, 1.807) is 0 Å². The molecule has 1 fully saturated rings. The largest absolute Gasteiger partial charge is 0.363 e. The number of carbonyl (C=O) groups is 2. The summed E-state index contributed by atoms with van der Waals surface area (Å²) in [5, 5.41) is -0.230. The Kier molecular flexibility index (Phi) is 5.88. The van der Waals surface area contributed by atoms with Gasteiger partial charge in [-0.15, -0.1) is 0 Å². The molecule has 2 aromatic rings. The zero-order valence-electron chi connectivity index (χ0n) is 18.1. The molecular weight excluding hydrogens is 472 g/mol. The smallest absolute Gasteiger partial charge is 0.293 e. The van der Waals surface area contributed by atoms with E-state index in [0.717, 1.165) is 33.9 Å². The summed E-state index contributed by atoms with van der Waals surface area (Å²) in [6.45, 7) is 9.93. The van der Waals surface area contributed by atoms with Crippen molar-refractivity contribution in [2.45, 2.75) is 39.8 Å². The quantitative estimate of drug-likeness (QED) is 0.441. The molecule has 2 aliphatic rings. The average Bonchev–Trinajstić information content (AvgIpc) is 2.97. The van der Waals surface area contributed by atoms with Gasteiger partial charge < -0.3 is 4.90 Å². The van der Waals surface area contributed by atoms with E-state index >= 15 is 0 Å². The summed E-state index contributed by atoms with van der Waals surface area (Å²) < 4.78 is 0.965. The van der Waals surface area contributed by atoms with Crippen molar-refractivity contribution < 1.29 is 9.59 Å². The molecule has 0 bridgehead atoms. The van der Waals surface area contributed by atoms with E-state index in [-0.39, 0.29) is 23.2 Å². The fraction of sp³-hybridized carbons (Fsp3) is 0.280. The van der Waals surface area contributed by atoms with Crippen LogP contribution < -0.4 is 4.90 Å². The van der Waals surface area contributed by atoms with Crippen molar-refractivity contribution in [2.24, 2.45) is 0 Å². The Morgan fingerprint density at radius 1 is 1.10 bits per heavy atom. The summed E-state index contributed by atoms with van der Waals surface area (Å²) >= 11 is 4.41. The predicted molar refractivity (Wildman–Crippen MR) is 133 cm³/mol. The van der Waals surface area contributed by atoms with Gasteiger partial charge in [0.25, 0.3) is 11.1 Å². The van der Waals surface area contributed by atoms with Crippen molar-refractivity contribution in [1.29, 1.82) is 0 Å². The normalized spacial score (nSPS) is 19.1. The van der Waals surface area contributed by atoms with Crippen molar-refractivity contribution in [2.75, 3.05) is 11.4 Å². The summed E-state index contributed by atoms with van der Waals surface area (Å²) in [4.78, 5) is 29.6. The highest BCUT2D eigenvalue weighted by Gasteiger charge is 2.35. The second kappa shape index (κ2) is 8.32. The van der Waals surface area contributed by atoms with Gasteiger partial charge in [0.2, 0.25) is 0 Å². The van der Waals surface area contributed by atoms with Gasteiger partial charge in [0.15, 0.2) is 0 Å². The minimum atomic E-state index is -0.237. The lowest BCUT2D eigenvalue weighted by Gasteiger charge is -2.42. The van der Waals surface area contributed by atoms with E-state index in [2.05, 4.69) is 66.7 Å². The maximum atomic E-state index is 12.9. The van der Waals surface area contributed by atoms with E-state index in [1.807, 2.05) is 36.4 Å². The molecule has 0 aromatic heterocycles. The van der Waals surface area contributed by atoms with Crippen molar-refractivity contribution in [3.63, 3.8) is 0 Å². The first-order valence-corrected chi connectivity index (χ1v) is 11.9. The fourth-order valence-electron chi connectivity index (χ4n) is 4.33. The molecule has 0 N–H and O–H groups in total. The Morgan fingerprint density at radius 3 is 2.48 bits per heavy atom. The SMILES string of the molecule is CCN1c2ccc(/C=C3/SC(=O)N(Cc4ccc(Br)cc4)C3=O)cc2C(C)=CC1(C)C. The van der Waals surface area contributed by atoms with Crippen LogP contribution in [0, 0.1) is 0 Å². The highest BCUT2D eigenvalue weighted by atomic mass is 79.9. The van der Waals surface area contributed by atoms with E-state index in [9.17, 15) is 9.59 Å². The molecule has 31 heavy (non-hydrogen) atoms. The Bertz CT molecular complexity index is 1120. The minimum Gasteiger partial charge on any atom is -0.363 e. The van der Waals surface area contributed by atoms with E-state index in [0.29, 0.717) is 4.91 Å². The lowest BCUT2D eigenvalue weighted by Crippen LogP contribution is -2.44. The summed E-state index contributed by atoms with van der Waals surface area (Å²) in [5.41, 5.74) is 5.41. The van der Waals surface area contributed by atoms with Crippen LogP contribution in [-0.4, -0.2) is 28.1 Å². The number of rotatable bonds is 4. The highest BCUT2D eigenvalue weighted by Crippen LogP contribution is 2.40. The Labute approximate surface area is 196 Å². The minimum absolute atomic E-state index is 0.0387. The average molecular weight is 497 g/mol. The van der Waals surface area contributed by atoms with E-state index in [1.165, 1.54) is 21.7 Å². The number of benzene rings is 2. The highest BCUT2D eigenvalue weighted by molar-refractivity contribution is 9.10. The van der Waals surface area contributed by atoms with Gasteiger partial charge in [-0.3, -0.25) is 14.5 Å². The van der Waals surface area contributed by atoms with Crippen molar-refractivity contribution in [1.82, 2.24) is 4.90 Å². The number of hydrogen-bond donors (Lipinski definition) is 0. The first kappa shape index (κ1) is 21.9. The number of amides is 2. The number of anilines is 1. The number of likely N-dealkylation sites (N-methyl/N-ethyl adjacent to an activating group) is 1. The Balaban J connectivity index is 1.61. The number of hydrogen-bond acceptors (Lipinski definition) is 4. The standard InChI is InChI=1S/C25H25BrN2O2S/c1-5-28-21-11-8-18(12-20(21)16(2)14-25(28,3)4)13-22-23(29)27(24(30)31-22)15-17-6-9-19(26)10-7-17/h6-14H,5,15H2,1-4H3/b22-13+. The molecule has 2 aliphatic heterocycles. The number of thioether (sulfide) groups is 1. The van der Waals surface area contributed by atoms with Crippen LogP contribution in [0.1, 0.15) is 44.4 Å². The molecule has 4 nitrogen and oxygen atoms in total. The van der Waals surface area contributed by atoms with Crippen LogP contribution in [0.15, 0.2) is 57.9 Å². The summed E-state index contributed by atoms with van der Waals surface area (Å²) in [5.74, 6) is -0.237. The van der Waals surface area contributed by atoms with Gasteiger partial charge in [-0.05, 0) is 86.5 Å². The lowest BCUT2D eigenvalue weighted by molar-refractivity contribution is -0.123. The van der Waals surface area contributed by atoms with Gasteiger partial charge in [0.1, 0.15) is 0 Å². The number of allylic oxidation sites excluding steroid dienone is 1. The van der Waals surface area contributed by atoms with Crippen LogP contribution >= 0.6 is 27.7 Å². The van der Waals surface area contributed by atoms with E-state index in [4.69, 9.17) is 0 Å². The molecule has 0 spiro atoms. The lowest BCUT2D eigenvalue weighted by atomic mass is 9.88. The van der Waals surface area contributed by atoms with Crippen molar-refractivity contribution in [3.8, 4) is 0 Å². The molecule has 2 heterocycles. The van der Waals surface area contributed by atoms with Crippen LogP contribution in [0.2, 0.25) is 0 Å². The fourth-order valence-corrected chi connectivity index (χ4v) is 5.43. The molecule has 0 aliphatic carbocycles. The van der Waals surface area contributed by atoms with Crippen LogP contribution in [0.25, 0.3) is 11.6 Å². The van der Waals surface area contributed by atoms with Crippen LogP contribution in [0.3, 0.4) is 0 Å². The molecule has 2 aromatic carbocycles. The number of fused-ring (bicyclic) bond motifs is 1. The second-order valence-corrected chi connectivity index (χ2v) is 10.3. The first-order valence-electron chi connectivity index (χ1n) is 10.3. The Morgan fingerprint density at radius 2 is 1.81 bits per heavy atom. The van der Waals surface area contributed by atoms with Crippen LogP contribution in [0.4, 0.5) is 10.5 Å². The summed E-state index contributed by atoms with van der Waals surface area (Å²) in [7, 11) is 0. The Hall–Kier alpha value is -2.31. The van der Waals surface area contributed by atoms with Crippen LogP contribution in [0.5, 0.6) is 0 Å². The molecule has 0 atom stereocenters. The number of carbonyl (C=O) groups excluding carboxylic acids is 2. The zero-order valence-corrected chi connectivity index (χ0v) is 20.5. The van der Waals surface area contributed by atoms with Crippen molar-refractivity contribution in [3.05, 3.63) is 74.6 Å². The second-order valence-electron chi connectivity index (χ2n) is 8.40. The number of nitrogens with zero attached hydrogens (tertiary/aromatic N) is 2. The monoisotopic (exact) mass is 496 g/mol. The molecule has 4 rings (SSSR count). The third-order valence-corrected chi connectivity index (χ3v) is 7.18. The van der Waals surface area contributed by atoms with E-state index < -0.39 is 0 Å². The van der Waals surface area contributed by atoms with Gasteiger partial charge in [0.05, 0.1) is 17.0 Å². The molecule has 6 heteroatoms. The third kappa shape index (κ3) is 4.23. The van der Waals surface area contributed by atoms with Crippen LogP contribution in [-0.2, 0) is 11.3 Å². The maximum absolute atomic E-state index is 12.9. The van der Waals surface area contributed by atoms with Gasteiger partial charge >= 0.3 is 0 Å². The summed E-state index contributed by atoms with van der Waals surface area (Å²) in [6, 6.07) is 13.9. The van der Waals surface area contributed by atoms with Gasteiger partial charge in [-0.2, -0.15) is 0 Å². The molecule has 0 unspecified atom stereocenters. The van der Waals surface area contributed by atoms with Gasteiger partial charge in [0, 0.05) is 22.3 Å².